The molecule has 15 heavy (non-hydrogen) atoms. The largest absolute Gasteiger partial charge is 0.574 e. The molecule has 0 aliphatic heterocycles. The molecule has 2 N–H and O–H groups in total. The minimum Gasteiger partial charge on any atom is -0.481 e. The fourth-order valence-electron chi connectivity index (χ4n) is 0.960. The van der Waals surface area contributed by atoms with Crippen LogP contribution in [0, 0.1) is 0 Å². The molecule has 4 nitrogen and oxygen atoms in total. The average molecular weight is 222 g/mol. The van der Waals surface area contributed by atoms with Gasteiger partial charge in [0.05, 0.1) is 7.11 Å². The first kappa shape index (κ1) is 11.6. The van der Waals surface area contributed by atoms with Crippen LogP contribution in [0.2, 0.25) is 0 Å². The lowest BCUT2D eigenvalue weighted by Crippen LogP contribution is -2.18. The van der Waals surface area contributed by atoms with Crippen molar-refractivity contribution in [3.8, 4) is 11.8 Å². The summed E-state index contributed by atoms with van der Waals surface area (Å²) in [7, 11) is 1.29. The number of aromatic nitrogens is 1. The molecule has 84 valence electrons. The number of rotatable bonds is 3. The summed E-state index contributed by atoms with van der Waals surface area (Å²) in [5.41, 5.74) is 5.83. The topological polar surface area (TPSA) is 57.4 Å². The molecule has 0 unspecified atom stereocenters. The van der Waals surface area contributed by atoms with Crippen molar-refractivity contribution in [2.24, 2.45) is 5.73 Å². The van der Waals surface area contributed by atoms with Crippen LogP contribution in [0.4, 0.5) is 13.2 Å². The predicted octanol–water partition coefficient (Wildman–Crippen LogP) is 1.45. The van der Waals surface area contributed by atoms with Crippen molar-refractivity contribution in [1.82, 2.24) is 4.98 Å². The van der Waals surface area contributed by atoms with Gasteiger partial charge in [-0.25, -0.2) is 0 Å². The van der Waals surface area contributed by atoms with Crippen molar-refractivity contribution in [3.05, 3.63) is 17.7 Å². The molecule has 1 heterocycles. The van der Waals surface area contributed by atoms with Gasteiger partial charge in [0.1, 0.15) is 0 Å². The van der Waals surface area contributed by atoms with E-state index in [2.05, 4.69) is 9.72 Å². The molecular formula is C8H9F3N2O2. The molecule has 0 atom stereocenters. The van der Waals surface area contributed by atoms with Gasteiger partial charge in [0, 0.05) is 18.2 Å². The monoisotopic (exact) mass is 222 g/mol. The molecule has 1 aromatic heterocycles. The Morgan fingerprint density at radius 2 is 2.07 bits per heavy atom. The van der Waals surface area contributed by atoms with E-state index < -0.39 is 12.2 Å². The molecule has 0 radical (unpaired) electrons. The van der Waals surface area contributed by atoms with Crippen molar-refractivity contribution in [2.75, 3.05) is 7.11 Å². The molecule has 0 fully saturated rings. The summed E-state index contributed by atoms with van der Waals surface area (Å²) in [6.45, 7) is 0.127. The summed E-state index contributed by atoms with van der Waals surface area (Å²) in [6.07, 6.45) is -4.76. The molecule has 7 heteroatoms. The molecule has 0 aromatic carbocycles. The molecule has 0 amide bonds. The van der Waals surface area contributed by atoms with Gasteiger partial charge >= 0.3 is 6.36 Å². The zero-order valence-electron chi connectivity index (χ0n) is 7.84. The second-order valence-corrected chi connectivity index (χ2v) is 2.57. The Bertz CT molecular complexity index is 341. The summed E-state index contributed by atoms with van der Waals surface area (Å²) in [6, 6.07) is 2.45. The first-order chi connectivity index (χ1) is 6.96. The maximum atomic E-state index is 11.8. The van der Waals surface area contributed by atoms with Crippen molar-refractivity contribution >= 4 is 0 Å². The molecule has 0 bridgehead atoms. The lowest BCUT2D eigenvalue weighted by molar-refractivity contribution is -0.276. The molecule has 1 rings (SSSR count). The van der Waals surface area contributed by atoms with Gasteiger partial charge in [-0.2, -0.15) is 4.98 Å². The molecule has 0 aliphatic carbocycles. The van der Waals surface area contributed by atoms with Crippen LogP contribution in [-0.4, -0.2) is 18.5 Å². The fraction of sp³-hybridized carbons (Fsp3) is 0.375. The Morgan fingerprint density at radius 3 is 2.53 bits per heavy atom. The Balaban J connectivity index is 2.93. The number of nitrogens with zero attached hydrogens (tertiary/aromatic N) is 1. The summed E-state index contributed by atoms with van der Waals surface area (Å²) >= 11 is 0. The quantitative estimate of drug-likeness (QED) is 0.840. The Morgan fingerprint density at radius 1 is 1.40 bits per heavy atom. The van der Waals surface area contributed by atoms with E-state index in [0.717, 1.165) is 6.07 Å². The van der Waals surface area contributed by atoms with E-state index in [4.69, 9.17) is 10.5 Å². The zero-order chi connectivity index (χ0) is 11.5. The van der Waals surface area contributed by atoms with E-state index in [1.165, 1.54) is 13.2 Å². The van der Waals surface area contributed by atoms with Crippen molar-refractivity contribution in [1.29, 1.82) is 0 Å². The van der Waals surface area contributed by atoms with E-state index >= 15 is 0 Å². The molecule has 0 aliphatic rings. The Labute approximate surface area is 83.8 Å². The highest BCUT2D eigenvalue weighted by Gasteiger charge is 2.32. The number of pyridine rings is 1. The van der Waals surface area contributed by atoms with Crippen molar-refractivity contribution < 1.29 is 22.6 Å². The van der Waals surface area contributed by atoms with Gasteiger partial charge in [0.15, 0.2) is 0 Å². The van der Waals surface area contributed by atoms with Crippen LogP contribution < -0.4 is 15.2 Å². The SMILES string of the molecule is COc1nc(OC(F)(F)F)ccc1CN. The minimum atomic E-state index is -4.76. The van der Waals surface area contributed by atoms with Crippen LogP contribution in [0.1, 0.15) is 5.56 Å². The normalized spacial score (nSPS) is 11.3. The van der Waals surface area contributed by atoms with Crippen LogP contribution >= 0.6 is 0 Å². The standard InChI is InChI=1S/C8H9F3N2O2/c1-14-7-5(4-12)2-3-6(13-7)15-8(9,10)11/h2-3H,4,12H2,1H3. The second-order valence-electron chi connectivity index (χ2n) is 2.57. The molecule has 0 spiro atoms. The number of hydrogen-bond acceptors (Lipinski definition) is 4. The van der Waals surface area contributed by atoms with Gasteiger partial charge in [0.25, 0.3) is 0 Å². The molecule has 0 saturated carbocycles. The maximum absolute atomic E-state index is 11.8. The third-order valence-electron chi connectivity index (χ3n) is 1.55. The Hall–Kier alpha value is -1.50. The summed E-state index contributed by atoms with van der Waals surface area (Å²) in [5.74, 6) is -0.546. The number of alkyl halides is 3. The van der Waals surface area contributed by atoms with Gasteiger partial charge < -0.3 is 15.2 Å². The van der Waals surface area contributed by atoms with Crippen LogP contribution in [0.5, 0.6) is 11.8 Å². The van der Waals surface area contributed by atoms with Gasteiger partial charge in [-0.15, -0.1) is 13.2 Å². The highest BCUT2D eigenvalue weighted by Crippen LogP contribution is 2.24. The molecular weight excluding hydrogens is 213 g/mol. The van der Waals surface area contributed by atoms with E-state index in [1.807, 2.05) is 0 Å². The number of hydrogen-bond donors (Lipinski definition) is 1. The van der Waals surface area contributed by atoms with Crippen molar-refractivity contribution in [2.45, 2.75) is 12.9 Å². The third kappa shape index (κ3) is 3.28. The van der Waals surface area contributed by atoms with E-state index in [1.54, 1.807) is 0 Å². The number of methoxy groups -OCH3 is 1. The smallest absolute Gasteiger partial charge is 0.481 e. The first-order valence-corrected chi connectivity index (χ1v) is 3.96. The van der Waals surface area contributed by atoms with Crippen LogP contribution in [0.25, 0.3) is 0 Å². The number of halogens is 3. The second kappa shape index (κ2) is 4.35. The van der Waals surface area contributed by atoms with Gasteiger partial charge in [-0.05, 0) is 6.07 Å². The predicted molar refractivity (Wildman–Crippen MR) is 45.4 cm³/mol. The first-order valence-electron chi connectivity index (χ1n) is 3.96. The van der Waals surface area contributed by atoms with E-state index in [0.29, 0.717) is 5.56 Å². The lowest BCUT2D eigenvalue weighted by Gasteiger charge is -2.10. The summed E-state index contributed by atoms with van der Waals surface area (Å²) in [5, 5.41) is 0. The van der Waals surface area contributed by atoms with Gasteiger partial charge in [-0.3, -0.25) is 0 Å². The van der Waals surface area contributed by atoms with Gasteiger partial charge in [-0.1, -0.05) is 0 Å². The summed E-state index contributed by atoms with van der Waals surface area (Å²) in [4.78, 5) is 3.50. The molecule has 1 aromatic rings. The Kier molecular flexibility index (Phi) is 3.35. The van der Waals surface area contributed by atoms with E-state index in [9.17, 15) is 13.2 Å². The maximum Gasteiger partial charge on any atom is 0.574 e. The fourth-order valence-corrected chi connectivity index (χ4v) is 0.960. The summed E-state index contributed by atoms with van der Waals surface area (Å²) < 4.78 is 43.9. The van der Waals surface area contributed by atoms with Crippen LogP contribution in [0.3, 0.4) is 0 Å². The third-order valence-corrected chi connectivity index (χ3v) is 1.55. The highest BCUT2D eigenvalue weighted by molar-refractivity contribution is 5.30. The van der Waals surface area contributed by atoms with Crippen LogP contribution in [-0.2, 0) is 6.54 Å². The average Bonchev–Trinajstić information content (AvgIpc) is 2.15. The van der Waals surface area contributed by atoms with E-state index in [-0.39, 0.29) is 12.4 Å². The minimum absolute atomic E-state index is 0.0271. The zero-order valence-corrected chi connectivity index (χ0v) is 7.84. The number of ether oxygens (including phenoxy) is 2. The number of nitrogens with two attached hydrogens (primary N) is 1. The van der Waals surface area contributed by atoms with Gasteiger partial charge in [0.2, 0.25) is 11.8 Å². The van der Waals surface area contributed by atoms with Crippen molar-refractivity contribution in [3.63, 3.8) is 0 Å². The lowest BCUT2D eigenvalue weighted by atomic mass is 10.3. The highest BCUT2D eigenvalue weighted by atomic mass is 19.4. The van der Waals surface area contributed by atoms with Crippen LogP contribution in [0.15, 0.2) is 12.1 Å². The molecule has 0 saturated heterocycles.